The van der Waals surface area contributed by atoms with Crippen molar-refractivity contribution < 1.29 is 19.4 Å². The van der Waals surface area contributed by atoms with Crippen LogP contribution in [0.1, 0.15) is 98.9 Å². The minimum Gasteiger partial charge on any atom is -0.486 e. The fourth-order valence-electron chi connectivity index (χ4n) is 5.41. The summed E-state index contributed by atoms with van der Waals surface area (Å²) in [6.07, 6.45) is 9.17. The van der Waals surface area contributed by atoms with Crippen molar-refractivity contribution in [2.45, 2.75) is 84.8 Å². The van der Waals surface area contributed by atoms with Crippen LogP contribution >= 0.6 is 0 Å². The molecule has 0 unspecified atom stereocenters. The lowest BCUT2D eigenvalue weighted by atomic mass is 9.98. The van der Waals surface area contributed by atoms with Gasteiger partial charge in [0.25, 0.3) is 0 Å². The summed E-state index contributed by atoms with van der Waals surface area (Å²) in [6, 6.07) is 24.1. The molecule has 0 aliphatic heterocycles. The molecule has 1 atom stereocenters. The molecular weight excluding hydrogens is 510 g/mol. The number of carbonyl (C=O) groups excluding carboxylic acids is 1. The first-order valence-corrected chi connectivity index (χ1v) is 15.1. The molecule has 0 fully saturated rings. The van der Waals surface area contributed by atoms with Gasteiger partial charge in [0.1, 0.15) is 11.9 Å². The number of ether oxygens (including phenoxy) is 1. The van der Waals surface area contributed by atoms with Crippen LogP contribution in [0.3, 0.4) is 0 Å². The van der Waals surface area contributed by atoms with Crippen LogP contribution in [0, 0.1) is 5.92 Å². The SMILES string of the molecule is CCCCCC[C@H](Oc1ccc(C(=O)c2cn(CCCC(=O)O)c3ccccc23)cc1)c1ccc(CC(C)C)cc1. The number of aryl methyl sites for hydroxylation is 1. The lowest BCUT2D eigenvalue weighted by Crippen LogP contribution is -2.09. The Morgan fingerprint density at radius 3 is 2.29 bits per heavy atom. The number of benzene rings is 3. The average Bonchev–Trinajstić information content (AvgIpc) is 3.33. The molecule has 0 saturated heterocycles. The van der Waals surface area contributed by atoms with Crippen LogP contribution in [0.2, 0.25) is 0 Å². The molecule has 0 amide bonds. The molecule has 41 heavy (non-hydrogen) atoms. The van der Waals surface area contributed by atoms with Crippen molar-refractivity contribution >= 4 is 22.7 Å². The summed E-state index contributed by atoms with van der Waals surface area (Å²) >= 11 is 0. The maximum Gasteiger partial charge on any atom is 0.303 e. The minimum absolute atomic E-state index is 0.0368. The van der Waals surface area contributed by atoms with E-state index in [-0.39, 0.29) is 18.3 Å². The number of carboxylic acid groups (broad SMARTS) is 1. The van der Waals surface area contributed by atoms with Crippen molar-refractivity contribution in [3.63, 3.8) is 0 Å². The zero-order valence-electron chi connectivity index (χ0n) is 24.6. The highest BCUT2D eigenvalue weighted by molar-refractivity contribution is 6.16. The highest BCUT2D eigenvalue weighted by Crippen LogP contribution is 2.29. The summed E-state index contributed by atoms with van der Waals surface area (Å²) < 4.78 is 8.50. The third kappa shape index (κ3) is 8.32. The summed E-state index contributed by atoms with van der Waals surface area (Å²) in [5.74, 6) is 0.508. The van der Waals surface area contributed by atoms with Crippen molar-refractivity contribution in [1.29, 1.82) is 0 Å². The van der Waals surface area contributed by atoms with E-state index in [0.717, 1.165) is 35.9 Å². The summed E-state index contributed by atoms with van der Waals surface area (Å²) in [6.45, 7) is 7.25. The Kier molecular flexibility index (Phi) is 10.8. The molecule has 5 nitrogen and oxygen atoms in total. The predicted molar refractivity (Wildman–Crippen MR) is 166 cm³/mol. The summed E-state index contributed by atoms with van der Waals surface area (Å²) in [5, 5.41) is 9.89. The van der Waals surface area contributed by atoms with Crippen LogP contribution in [0.5, 0.6) is 5.75 Å². The van der Waals surface area contributed by atoms with Crippen molar-refractivity contribution in [3.05, 3.63) is 101 Å². The van der Waals surface area contributed by atoms with E-state index < -0.39 is 5.97 Å². The first-order chi connectivity index (χ1) is 19.9. The molecule has 5 heteroatoms. The second-order valence-corrected chi connectivity index (χ2v) is 11.4. The van der Waals surface area contributed by atoms with E-state index in [1.807, 2.05) is 59.3 Å². The monoisotopic (exact) mass is 553 g/mol. The Balaban J connectivity index is 1.50. The topological polar surface area (TPSA) is 68.5 Å². The molecule has 0 aliphatic carbocycles. The van der Waals surface area contributed by atoms with Gasteiger partial charge in [0.2, 0.25) is 0 Å². The summed E-state index contributed by atoms with van der Waals surface area (Å²) in [5.41, 5.74) is 4.69. The zero-order chi connectivity index (χ0) is 29.2. The number of para-hydroxylation sites is 1. The molecule has 1 heterocycles. The van der Waals surface area contributed by atoms with E-state index in [2.05, 4.69) is 45.0 Å². The highest BCUT2D eigenvalue weighted by atomic mass is 16.5. The first-order valence-electron chi connectivity index (χ1n) is 15.1. The maximum atomic E-state index is 13.6. The van der Waals surface area contributed by atoms with Crippen LogP contribution in [0.4, 0.5) is 0 Å². The van der Waals surface area contributed by atoms with E-state index in [4.69, 9.17) is 9.84 Å². The largest absolute Gasteiger partial charge is 0.486 e. The van der Waals surface area contributed by atoms with E-state index in [1.54, 1.807) is 0 Å². The number of ketones is 1. The van der Waals surface area contributed by atoms with Gasteiger partial charge in [-0.05, 0) is 73.1 Å². The lowest BCUT2D eigenvalue weighted by molar-refractivity contribution is -0.137. The molecule has 0 saturated carbocycles. The molecular formula is C36H43NO4. The Morgan fingerprint density at radius 1 is 0.878 bits per heavy atom. The number of nitrogens with zero attached hydrogens (tertiary/aromatic N) is 1. The number of aliphatic carboxylic acids is 1. The Hall–Kier alpha value is -3.86. The molecule has 0 radical (unpaired) electrons. The minimum atomic E-state index is -0.814. The predicted octanol–water partition coefficient (Wildman–Crippen LogP) is 9.03. The fourth-order valence-corrected chi connectivity index (χ4v) is 5.41. The molecule has 4 rings (SSSR count). The number of carboxylic acids is 1. The molecule has 216 valence electrons. The average molecular weight is 554 g/mol. The number of fused-ring (bicyclic) bond motifs is 1. The number of rotatable bonds is 16. The van der Waals surface area contributed by atoms with Crippen LogP contribution in [-0.2, 0) is 17.8 Å². The van der Waals surface area contributed by atoms with Gasteiger partial charge in [-0.15, -0.1) is 0 Å². The van der Waals surface area contributed by atoms with Crippen LogP contribution in [0.15, 0.2) is 79.0 Å². The molecule has 4 aromatic rings. The van der Waals surface area contributed by atoms with Gasteiger partial charge in [0.05, 0.1) is 0 Å². The molecule has 0 spiro atoms. The second kappa shape index (κ2) is 14.7. The molecule has 0 bridgehead atoms. The van der Waals surface area contributed by atoms with E-state index >= 15 is 0 Å². The van der Waals surface area contributed by atoms with Gasteiger partial charge in [0, 0.05) is 41.2 Å². The number of hydrogen-bond donors (Lipinski definition) is 1. The Morgan fingerprint density at radius 2 is 1.61 bits per heavy atom. The zero-order valence-corrected chi connectivity index (χ0v) is 24.6. The molecule has 1 aromatic heterocycles. The van der Waals surface area contributed by atoms with Crippen molar-refractivity contribution in [1.82, 2.24) is 4.57 Å². The fraction of sp³-hybridized carbons (Fsp3) is 0.389. The van der Waals surface area contributed by atoms with E-state index in [9.17, 15) is 9.59 Å². The number of hydrogen-bond acceptors (Lipinski definition) is 3. The van der Waals surface area contributed by atoms with Crippen LogP contribution in [-0.4, -0.2) is 21.4 Å². The third-order valence-corrected chi connectivity index (χ3v) is 7.53. The van der Waals surface area contributed by atoms with Crippen molar-refractivity contribution in [3.8, 4) is 5.75 Å². The maximum absolute atomic E-state index is 13.6. The van der Waals surface area contributed by atoms with Gasteiger partial charge in [-0.3, -0.25) is 9.59 Å². The van der Waals surface area contributed by atoms with E-state index in [1.165, 1.54) is 30.4 Å². The van der Waals surface area contributed by atoms with Crippen molar-refractivity contribution in [2.75, 3.05) is 0 Å². The quantitative estimate of drug-likeness (QED) is 0.111. The van der Waals surface area contributed by atoms with Gasteiger partial charge < -0.3 is 14.4 Å². The summed E-state index contributed by atoms with van der Waals surface area (Å²) in [7, 11) is 0. The number of carbonyl (C=O) groups is 2. The van der Waals surface area contributed by atoms with Crippen molar-refractivity contribution in [2.24, 2.45) is 5.92 Å². The van der Waals surface area contributed by atoms with Gasteiger partial charge in [0.15, 0.2) is 5.78 Å². The first kappa shape index (κ1) is 30.1. The third-order valence-electron chi connectivity index (χ3n) is 7.53. The van der Waals surface area contributed by atoms with Gasteiger partial charge in [-0.2, -0.15) is 0 Å². The second-order valence-electron chi connectivity index (χ2n) is 11.4. The lowest BCUT2D eigenvalue weighted by Gasteiger charge is -2.20. The summed E-state index contributed by atoms with van der Waals surface area (Å²) in [4.78, 5) is 24.6. The normalized spacial score (nSPS) is 12.1. The van der Waals surface area contributed by atoms with Crippen LogP contribution in [0.25, 0.3) is 10.9 Å². The molecule has 0 aliphatic rings. The standard InChI is InChI=1S/C36H43NO4/c1-4-5-6-7-13-34(28-17-15-27(16-18-28)24-26(2)3)41-30-21-19-29(20-22-30)36(40)32-25-37(23-10-14-35(38)39)33-12-9-8-11-31(32)33/h8-9,11-12,15-22,25-26,34H,4-7,10,13-14,23-24H2,1-3H3,(H,38,39)/t34-/m0/s1. The number of unbranched alkanes of at least 4 members (excludes halogenated alkanes) is 3. The Bertz CT molecular complexity index is 1420. The molecule has 1 N–H and O–H groups in total. The van der Waals surface area contributed by atoms with Crippen LogP contribution < -0.4 is 4.74 Å². The Labute approximate surface area is 244 Å². The molecule has 3 aromatic carbocycles. The van der Waals surface area contributed by atoms with Gasteiger partial charge in [-0.25, -0.2) is 0 Å². The van der Waals surface area contributed by atoms with E-state index in [0.29, 0.717) is 30.0 Å². The number of aromatic nitrogens is 1. The van der Waals surface area contributed by atoms with Gasteiger partial charge >= 0.3 is 5.97 Å². The van der Waals surface area contributed by atoms with Gasteiger partial charge in [-0.1, -0.05) is 82.5 Å². The smallest absolute Gasteiger partial charge is 0.303 e. The highest BCUT2D eigenvalue weighted by Gasteiger charge is 2.18.